The SMILES string of the molecule is N=C1c2ccccc2C(=O)N1C1CC(=O)C1. The molecule has 1 aromatic rings. The summed E-state index contributed by atoms with van der Waals surface area (Å²) in [5.41, 5.74) is 1.25. The molecule has 1 fully saturated rings. The van der Waals surface area contributed by atoms with Crippen LogP contribution < -0.4 is 0 Å². The second kappa shape index (κ2) is 3.01. The number of carbonyl (C=O) groups excluding carboxylic acids is 2. The number of amides is 1. The van der Waals surface area contributed by atoms with Gasteiger partial charge in [0.2, 0.25) is 0 Å². The third-order valence-electron chi connectivity index (χ3n) is 3.16. The first-order valence-corrected chi connectivity index (χ1v) is 5.21. The molecule has 1 heterocycles. The first-order chi connectivity index (χ1) is 7.68. The minimum Gasteiger partial charge on any atom is -0.300 e. The summed E-state index contributed by atoms with van der Waals surface area (Å²) in [6, 6.07) is 7.01. The van der Waals surface area contributed by atoms with E-state index < -0.39 is 0 Å². The number of amidine groups is 1. The van der Waals surface area contributed by atoms with Crippen molar-refractivity contribution in [2.45, 2.75) is 18.9 Å². The molecule has 2 aliphatic rings. The fourth-order valence-corrected chi connectivity index (χ4v) is 2.23. The van der Waals surface area contributed by atoms with Gasteiger partial charge in [0.1, 0.15) is 11.6 Å². The second-order valence-corrected chi connectivity index (χ2v) is 4.17. The van der Waals surface area contributed by atoms with Crippen LogP contribution in [0.25, 0.3) is 0 Å². The van der Waals surface area contributed by atoms with Crippen LogP contribution in [-0.2, 0) is 4.79 Å². The maximum atomic E-state index is 12.0. The Morgan fingerprint density at radius 3 is 2.31 bits per heavy atom. The zero-order chi connectivity index (χ0) is 11.3. The number of Topliss-reactive ketones (excluding diaryl/α,β-unsaturated/α-hetero) is 1. The van der Waals surface area contributed by atoms with E-state index in [2.05, 4.69) is 0 Å². The lowest BCUT2D eigenvalue weighted by Gasteiger charge is -2.32. The predicted molar refractivity (Wildman–Crippen MR) is 57.5 cm³/mol. The first kappa shape index (κ1) is 9.27. The Morgan fingerprint density at radius 2 is 1.75 bits per heavy atom. The maximum Gasteiger partial charge on any atom is 0.260 e. The van der Waals surface area contributed by atoms with Crippen LogP contribution in [0.2, 0.25) is 0 Å². The van der Waals surface area contributed by atoms with Crippen LogP contribution in [0.4, 0.5) is 0 Å². The lowest BCUT2D eigenvalue weighted by atomic mass is 9.90. The Balaban J connectivity index is 1.98. The third kappa shape index (κ3) is 1.07. The van der Waals surface area contributed by atoms with Gasteiger partial charge in [-0.1, -0.05) is 18.2 Å². The van der Waals surface area contributed by atoms with Crippen LogP contribution in [0.15, 0.2) is 24.3 Å². The van der Waals surface area contributed by atoms with Gasteiger partial charge in [0, 0.05) is 18.4 Å². The molecule has 1 aliphatic heterocycles. The monoisotopic (exact) mass is 214 g/mol. The van der Waals surface area contributed by atoms with E-state index in [0.717, 1.165) is 0 Å². The maximum absolute atomic E-state index is 12.0. The molecule has 1 amide bonds. The topological polar surface area (TPSA) is 61.2 Å². The second-order valence-electron chi connectivity index (χ2n) is 4.17. The van der Waals surface area contributed by atoms with Gasteiger partial charge < -0.3 is 0 Å². The Labute approximate surface area is 92.4 Å². The number of ketones is 1. The number of fused-ring (bicyclic) bond motifs is 1. The van der Waals surface area contributed by atoms with Crippen LogP contribution in [0, 0.1) is 5.41 Å². The van der Waals surface area contributed by atoms with E-state index >= 15 is 0 Å². The van der Waals surface area contributed by atoms with Gasteiger partial charge >= 0.3 is 0 Å². The van der Waals surface area contributed by atoms with Crippen LogP contribution in [0.1, 0.15) is 28.8 Å². The predicted octanol–water partition coefficient (Wildman–Crippen LogP) is 1.20. The van der Waals surface area contributed by atoms with E-state index in [-0.39, 0.29) is 23.6 Å². The molecule has 0 spiro atoms. The molecule has 4 heteroatoms. The highest BCUT2D eigenvalue weighted by atomic mass is 16.2. The minimum atomic E-state index is -0.141. The van der Waals surface area contributed by atoms with Gasteiger partial charge in [0.25, 0.3) is 5.91 Å². The van der Waals surface area contributed by atoms with Gasteiger partial charge in [-0.15, -0.1) is 0 Å². The summed E-state index contributed by atoms with van der Waals surface area (Å²) < 4.78 is 0. The average molecular weight is 214 g/mol. The Kier molecular flexibility index (Phi) is 1.74. The summed E-state index contributed by atoms with van der Waals surface area (Å²) in [5.74, 6) is 0.262. The van der Waals surface area contributed by atoms with E-state index in [1.807, 2.05) is 6.07 Å². The number of nitrogens with one attached hydrogen (secondary N) is 1. The van der Waals surface area contributed by atoms with E-state index in [4.69, 9.17) is 5.41 Å². The van der Waals surface area contributed by atoms with Gasteiger partial charge in [-0.2, -0.15) is 0 Å². The van der Waals surface area contributed by atoms with Crippen LogP contribution in [0.5, 0.6) is 0 Å². The molecule has 1 N–H and O–H groups in total. The van der Waals surface area contributed by atoms with Crippen molar-refractivity contribution in [2.24, 2.45) is 0 Å². The Hall–Kier alpha value is -1.97. The molecule has 80 valence electrons. The molecular formula is C12H10N2O2. The Morgan fingerprint density at radius 1 is 1.12 bits per heavy atom. The molecule has 16 heavy (non-hydrogen) atoms. The Bertz CT molecular complexity index is 479. The minimum absolute atomic E-state index is 0.0973. The number of nitrogens with zero attached hydrogens (tertiary/aromatic N) is 1. The van der Waals surface area contributed by atoms with Gasteiger partial charge in [0.15, 0.2) is 0 Å². The van der Waals surface area contributed by atoms with Gasteiger partial charge in [-0.25, -0.2) is 0 Å². The highest BCUT2D eigenvalue weighted by molar-refractivity contribution is 6.23. The zero-order valence-corrected chi connectivity index (χ0v) is 8.56. The van der Waals surface area contributed by atoms with E-state index in [0.29, 0.717) is 24.0 Å². The standard InChI is InChI=1S/C12H10N2O2/c13-11-9-3-1-2-4-10(9)12(16)14(11)7-5-8(15)6-7/h1-4,7,13H,5-6H2. The van der Waals surface area contributed by atoms with Crippen molar-refractivity contribution in [3.05, 3.63) is 35.4 Å². The first-order valence-electron chi connectivity index (χ1n) is 5.21. The van der Waals surface area contributed by atoms with Crippen molar-refractivity contribution in [3.63, 3.8) is 0 Å². The molecule has 0 radical (unpaired) electrons. The number of benzene rings is 1. The highest BCUT2D eigenvalue weighted by Gasteiger charge is 2.42. The summed E-state index contributed by atoms with van der Waals surface area (Å²) in [4.78, 5) is 24.4. The molecule has 0 bridgehead atoms. The molecule has 1 aliphatic carbocycles. The lowest BCUT2D eigenvalue weighted by molar-refractivity contribution is -0.126. The van der Waals surface area contributed by atoms with Crippen LogP contribution in [0.3, 0.4) is 0 Å². The smallest absolute Gasteiger partial charge is 0.260 e. The summed E-state index contributed by atoms with van der Waals surface area (Å²) >= 11 is 0. The third-order valence-corrected chi connectivity index (χ3v) is 3.16. The number of carbonyl (C=O) groups is 2. The fourth-order valence-electron chi connectivity index (χ4n) is 2.23. The van der Waals surface area contributed by atoms with Crippen molar-refractivity contribution in [3.8, 4) is 0 Å². The molecule has 0 saturated heterocycles. The highest BCUT2D eigenvalue weighted by Crippen LogP contribution is 2.30. The van der Waals surface area contributed by atoms with E-state index in [1.54, 1.807) is 18.2 Å². The van der Waals surface area contributed by atoms with Crippen molar-refractivity contribution in [1.29, 1.82) is 5.41 Å². The quantitative estimate of drug-likeness (QED) is 0.763. The molecule has 1 aromatic carbocycles. The molecule has 0 aromatic heterocycles. The summed E-state index contributed by atoms with van der Waals surface area (Å²) in [6.07, 6.45) is 0.782. The summed E-state index contributed by atoms with van der Waals surface area (Å²) in [7, 11) is 0. The van der Waals surface area contributed by atoms with Crippen molar-refractivity contribution < 1.29 is 9.59 Å². The zero-order valence-electron chi connectivity index (χ0n) is 8.56. The summed E-state index contributed by atoms with van der Waals surface area (Å²) in [6.45, 7) is 0. The molecule has 0 atom stereocenters. The molecule has 1 saturated carbocycles. The fraction of sp³-hybridized carbons (Fsp3) is 0.250. The number of hydrogen-bond acceptors (Lipinski definition) is 3. The molecular weight excluding hydrogens is 204 g/mol. The van der Waals surface area contributed by atoms with Crippen molar-refractivity contribution in [1.82, 2.24) is 4.90 Å². The van der Waals surface area contributed by atoms with Crippen LogP contribution >= 0.6 is 0 Å². The summed E-state index contributed by atoms with van der Waals surface area (Å²) in [5, 5.41) is 7.95. The van der Waals surface area contributed by atoms with Crippen molar-refractivity contribution >= 4 is 17.5 Å². The molecule has 0 unspecified atom stereocenters. The van der Waals surface area contributed by atoms with Gasteiger partial charge in [-0.05, 0) is 6.07 Å². The largest absolute Gasteiger partial charge is 0.300 e. The molecule has 4 nitrogen and oxygen atoms in total. The number of rotatable bonds is 1. The molecule has 3 rings (SSSR count). The van der Waals surface area contributed by atoms with E-state index in [9.17, 15) is 9.59 Å². The lowest BCUT2D eigenvalue weighted by Crippen LogP contribution is -2.47. The average Bonchev–Trinajstić information content (AvgIpc) is 2.49. The van der Waals surface area contributed by atoms with Crippen molar-refractivity contribution in [2.75, 3.05) is 0 Å². The van der Waals surface area contributed by atoms with E-state index in [1.165, 1.54) is 4.90 Å². The van der Waals surface area contributed by atoms with Crippen LogP contribution in [-0.4, -0.2) is 28.5 Å². The van der Waals surface area contributed by atoms with Gasteiger partial charge in [-0.3, -0.25) is 19.9 Å². The number of hydrogen-bond donors (Lipinski definition) is 1. The normalized spacial score (nSPS) is 20.0. The van der Waals surface area contributed by atoms with Gasteiger partial charge in [0.05, 0.1) is 11.6 Å².